The average molecular weight is 247 g/mol. The van der Waals surface area contributed by atoms with Gasteiger partial charge in [-0.15, -0.1) is 6.58 Å². The molecular formula is C15H21NO2. The summed E-state index contributed by atoms with van der Waals surface area (Å²) in [6.45, 7) is 8.37. The van der Waals surface area contributed by atoms with Crippen LogP contribution in [0.1, 0.15) is 19.4 Å². The molecule has 0 fully saturated rings. The molecule has 1 aromatic rings. The van der Waals surface area contributed by atoms with Crippen LogP contribution in [-0.4, -0.2) is 30.1 Å². The van der Waals surface area contributed by atoms with Crippen molar-refractivity contribution in [1.29, 1.82) is 0 Å². The van der Waals surface area contributed by atoms with Crippen LogP contribution in [0.25, 0.3) is 0 Å². The van der Waals surface area contributed by atoms with Crippen LogP contribution in [0.3, 0.4) is 0 Å². The van der Waals surface area contributed by atoms with Gasteiger partial charge in [0.05, 0.1) is 7.11 Å². The fourth-order valence-corrected chi connectivity index (χ4v) is 1.87. The predicted molar refractivity (Wildman–Crippen MR) is 73.1 cm³/mol. The molecule has 0 aliphatic rings. The largest absolute Gasteiger partial charge is 0.468 e. The first-order valence-corrected chi connectivity index (χ1v) is 6.10. The Labute approximate surface area is 109 Å². The summed E-state index contributed by atoms with van der Waals surface area (Å²) in [5, 5.41) is 0. The minimum absolute atomic E-state index is 0.110. The van der Waals surface area contributed by atoms with Gasteiger partial charge in [-0.3, -0.25) is 9.69 Å². The number of benzene rings is 1. The van der Waals surface area contributed by atoms with Crippen LogP contribution in [0.4, 0.5) is 0 Å². The minimum atomic E-state index is -0.289. The molecule has 0 aliphatic carbocycles. The standard InChI is InChI=1S/C15H21NO2/c1-5-12(2)16(13(3)15(17)18-4)11-14-9-7-6-8-10-14/h5-10,12-13H,1,11H2,2-4H3. The van der Waals surface area contributed by atoms with Gasteiger partial charge in [-0.2, -0.15) is 0 Å². The van der Waals surface area contributed by atoms with Crippen LogP contribution < -0.4 is 0 Å². The first-order chi connectivity index (χ1) is 8.60. The lowest BCUT2D eigenvalue weighted by Crippen LogP contribution is -2.43. The van der Waals surface area contributed by atoms with E-state index in [1.165, 1.54) is 12.7 Å². The number of nitrogens with zero attached hydrogens (tertiary/aromatic N) is 1. The molecule has 3 heteroatoms. The summed E-state index contributed by atoms with van der Waals surface area (Å²) in [5.74, 6) is -0.223. The van der Waals surface area contributed by atoms with Crippen LogP contribution in [0, 0.1) is 0 Å². The van der Waals surface area contributed by atoms with Crippen molar-refractivity contribution in [2.45, 2.75) is 32.5 Å². The number of methoxy groups -OCH3 is 1. The SMILES string of the molecule is C=CC(C)N(Cc1ccccc1)C(C)C(=O)OC. The quantitative estimate of drug-likeness (QED) is 0.571. The maximum absolute atomic E-state index is 11.7. The number of hydrogen-bond donors (Lipinski definition) is 0. The van der Waals surface area contributed by atoms with Crippen LogP contribution in [0.5, 0.6) is 0 Å². The molecule has 0 heterocycles. The van der Waals surface area contributed by atoms with Crippen LogP contribution >= 0.6 is 0 Å². The zero-order valence-electron chi connectivity index (χ0n) is 11.3. The van der Waals surface area contributed by atoms with E-state index in [4.69, 9.17) is 4.74 Å². The molecule has 0 amide bonds. The van der Waals surface area contributed by atoms with Crippen LogP contribution in [-0.2, 0) is 16.1 Å². The maximum Gasteiger partial charge on any atom is 0.322 e. The van der Waals surface area contributed by atoms with E-state index in [0.29, 0.717) is 6.54 Å². The molecule has 0 saturated carbocycles. The summed E-state index contributed by atoms with van der Waals surface area (Å²) in [4.78, 5) is 13.7. The van der Waals surface area contributed by atoms with E-state index < -0.39 is 0 Å². The fraction of sp³-hybridized carbons (Fsp3) is 0.400. The zero-order chi connectivity index (χ0) is 13.5. The van der Waals surface area contributed by atoms with Crippen molar-refractivity contribution in [2.75, 3.05) is 7.11 Å². The number of carbonyl (C=O) groups excluding carboxylic acids is 1. The molecule has 98 valence electrons. The highest BCUT2D eigenvalue weighted by atomic mass is 16.5. The Morgan fingerprint density at radius 2 is 2.00 bits per heavy atom. The van der Waals surface area contributed by atoms with Gasteiger partial charge in [0.15, 0.2) is 0 Å². The van der Waals surface area contributed by atoms with E-state index >= 15 is 0 Å². The Morgan fingerprint density at radius 1 is 1.39 bits per heavy atom. The summed E-state index contributed by atoms with van der Waals surface area (Å²) in [7, 11) is 1.41. The topological polar surface area (TPSA) is 29.5 Å². The molecule has 0 N–H and O–H groups in total. The summed E-state index contributed by atoms with van der Waals surface area (Å²) < 4.78 is 4.81. The molecule has 1 rings (SSSR count). The molecule has 0 radical (unpaired) electrons. The normalized spacial score (nSPS) is 14.0. The van der Waals surface area contributed by atoms with Gasteiger partial charge < -0.3 is 4.74 Å². The predicted octanol–water partition coefficient (Wildman–Crippen LogP) is 2.62. The second-order valence-corrected chi connectivity index (χ2v) is 4.33. The summed E-state index contributed by atoms with van der Waals surface area (Å²) in [6.07, 6.45) is 1.84. The summed E-state index contributed by atoms with van der Waals surface area (Å²) in [5.41, 5.74) is 1.17. The van der Waals surface area contributed by atoms with E-state index in [-0.39, 0.29) is 18.1 Å². The van der Waals surface area contributed by atoms with Gasteiger partial charge in [0, 0.05) is 12.6 Å². The lowest BCUT2D eigenvalue weighted by Gasteiger charge is -2.31. The van der Waals surface area contributed by atoms with Gasteiger partial charge in [-0.1, -0.05) is 36.4 Å². The lowest BCUT2D eigenvalue weighted by atomic mass is 10.1. The third-order valence-electron chi connectivity index (χ3n) is 3.11. The highest BCUT2D eigenvalue weighted by Crippen LogP contribution is 2.13. The smallest absolute Gasteiger partial charge is 0.322 e. The van der Waals surface area contributed by atoms with Crippen molar-refractivity contribution in [2.24, 2.45) is 0 Å². The molecule has 3 nitrogen and oxygen atoms in total. The Hall–Kier alpha value is -1.61. The van der Waals surface area contributed by atoms with Crippen molar-refractivity contribution in [1.82, 2.24) is 4.90 Å². The summed E-state index contributed by atoms with van der Waals surface area (Å²) in [6, 6.07) is 9.89. The van der Waals surface area contributed by atoms with Crippen molar-refractivity contribution >= 4 is 5.97 Å². The van der Waals surface area contributed by atoms with Gasteiger partial charge in [-0.25, -0.2) is 0 Å². The number of ether oxygens (including phenoxy) is 1. The van der Waals surface area contributed by atoms with E-state index in [1.54, 1.807) is 0 Å². The van der Waals surface area contributed by atoms with E-state index in [0.717, 1.165) is 0 Å². The Bertz CT molecular complexity index is 389. The maximum atomic E-state index is 11.7. The van der Waals surface area contributed by atoms with Crippen molar-refractivity contribution in [3.05, 3.63) is 48.6 Å². The zero-order valence-corrected chi connectivity index (χ0v) is 11.3. The molecular weight excluding hydrogens is 226 g/mol. The first kappa shape index (κ1) is 14.5. The van der Waals surface area contributed by atoms with Gasteiger partial charge in [0.1, 0.15) is 6.04 Å². The molecule has 2 unspecified atom stereocenters. The second kappa shape index (κ2) is 6.97. The Morgan fingerprint density at radius 3 is 2.50 bits per heavy atom. The third kappa shape index (κ3) is 3.70. The molecule has 0 bridgehead atoms. The van der Waals surface area contributed by atoms with Crippen molar-refractivity contribution in [3.63, 3.8) is 0 Å². The highest BCUT2D eigenvalue weighted by molar-refractivity contribution is 5.75. The van der Waals surface area contributed by atoms with Gasteiger partial charge in [0.2, 0.25) is 0 Å². The van der Waals surface area contributed by atoms with Gasteiger partial charge in [0.25, 0.3) is 0 Å². The van der Waals surface area contributed by atoms with E-state index in [9.17, 15) is 4.79 Å². The molecule has 1 aromatic carbocycles. The number of carbonyl (C=O) groups is 1. The molecule has 2 atom stereocenters. The van der Waals surface area contributed by atoms with Crippen LogP contribution in [0.2, 0.25) is 0 Å². The number of hydrogen-bond acceptors (Lipinski definition) is 3. The molecule has 0 aliphatic heterocycles. The minimum Gasteiger partial charge on any atom is -0.468 e. The first-order valence-electron chi connectivity index (χ1n) is 6.10. The van der Waals surface area contributed by atoms with E-state index in [1.807, 2.05) is 50.3 Å². The number of rotatable bonds is 6. The van der Waals surface area contributed by atoms with Gasteiger partial charge in [-0.05, 0) is 19.4 Å². The fourth-order valence-electron chi connectivity index (χ4n) is 1.87. The second-order valence-electron chi connectivity index (χ2n) is 4.33. The van der Waals surface area contributed by atoms with E-state index in [2.05, 4.69) is 11.5 Å². The van der Waals surface area contributed by atoms with Crippen molar-refractivity contribution < 1.29 is 9.53 Å². The van der Waals surface area contributed by atoms with Crippen LogP contribution in [0.15, 0.2) is 43.0 Å². The monoisotopic (exact) mass is 247 g/mol. The Balaban J connectivity index is 2.85. The molecule has 0 saturated heterocycles. The Kier molecular flexibility index (Phi) is 5.59. The molecule has 18 heavy (non-hydrogen) atoms. The average Bonchev–Trinajstić information content (AvgIpc) is 2.43. The third-order valence-corrected chi connectivity index (χ3v) is 3.11. The lowest BCUT2D eigenvalue weighted by molar-refractivity contribution is -0.147. The molecule has 0 spiro atoms. The van der Waals surface area contributed by atoms with Gasteiger partial charge >= 0.3 is 5.97 Å². The number of esters is 1. The molecule has 0 aromatic heterocycles. The van der Waals surface area contributed by atoms with Crippen molar-refractivity contribution in [3.8, 4) is 0 Å². The highest BCUT2D eigenvalue weighted by Gasteiger charge is 2.24. The summed E-state index contributed by atoms with van der Waals surface area (Å²) >= 11 is 0.